The molecular weight excluding hydrogens is 368 g/mol. The Bertz CT molecular complexity index is 792. The summed E-state index contributed by atoms with van der Waals surface area (Å²) in [7, 11) is 1.81. The molecule has 0 bridgehead atoms. The Morgan fingerprint density at radius 1 is 1.07 bits per heavy atom. The average Bonchev–Trinajstić information content (AvgIpc) is 2.71. The van der Waals surface area contributed by atoms with Crippen molar-refractivity contribution >= 4 is 11.6 Å². The van der Waals surface area contributed by atoms with Crippen LogP contribution in [0.1, 0.15) is 49.8 Å². The van der Waals surface area contributed by atoms with Crippen molar-refractivity contribution in [1.29, 1.82) is 0 Å². The van der Waals surface area contributed by atoms with Crippen molar-refractivity contribution in [3.63, 3.8) is 0 Å². The SMILES string of the molecule is Cc1ccc(N(C)C(=O)CCCCC(C)NCC(O)c2ccc(O)c(O)c2)cc1. The van der Waals surface area contributed by atoms with Gasteiger partial charge in [0.05, 0.1) is 6.10 Å². The lowest BCUT2D eigenvalue weighted by Gasteiger charge is -2.19. The Kier molecular flexibility index (Phi) is 8.49. The molecule has 2 rings (SSSR count). The maximum Gasteiger partial charge on any atom is 0.226 e. The highest BCUT2D eigenvalue weighted by Gasteiger charge is 2.13. The number of benzene rings is 2. The molecule has 6 nitrogen and oxygen atoms in total. The molecule has 0 aliphatic rings. The molecule has 0 spiro atoms. The summed E-state index contributed by atoms with van der Waals surface area (Å²) < 4.78 is 0. The summed E-state index contributed by atoms with van der Waals surface area (Å²) in [5, 5.41) is 32.3. The smallest absolute Gasteiger partial charge is 0.226 e. The van der Waals surface area contributed by atoms with E-state index in [1.165, 1.54) is 17.7 Å². The molecule has 2 atom stereocenters. The highest BCUT2D eigenvalue weighted by atomic mass is 16.3. The van der Waals surface area contributed by atoms with Crippen molar-refractivity contribution in [3.8, 4) is 11.5 Å². The fourth-order valence-corrected chi connectivity index (χ4v) is 3.09. The first-order valence-electron chi connectivity index (χ1n) is 10.0. The van der Waals surface area contributed by atoms with Crippen molar-refractivity contribution in [1.82, 2.24) is 5.32 Å². The van der Waals surface area contributed by atoms with Crippen molar-refractivity contribution in [2.24, 2.45) is 0 Å². The van der Waals surface area contributed by atoms with Gasteiger partial charge in [-0.15, -0.1) is 0 Å². The fraction of sp³-hybridized carbons (Fsp3) is 0.435. The number of hydrogen-bond donors (Lipinski definition) is 4. The van der Waals surface area contributed by atoms with Crippen LogP contribution in [0.15, 0.2) is 42.5 Å². The predicted octanol–water partition coefficient (Wildman–Crippen LogP) is 3.64. The number of carbonyl (C=O) groups is 1. The third-order valence-corrected chi connectivity index (χ3v) is 5.12. The molecule has 6 heteroatoms. The number of aliphatic hydroxyl groups is 1. The standard InChI is InChI=1S/C23H32N2O4/c1-16-8-11-19(12-9-16)25(3)23(29)7-5-4-6-17(2)24-15-22(28)18-10-13-20(26)21(27)14-18/h8-14,17,22,24,26-28H,4-7,15H2,1-3H3. The number of phenols is 2. The van der Waals surface area contributed by atoms with E-state index in [1.807, 2.05) is 38.1 Å². The summed E-state index contributed by atoms with van der Waals surface area (Å²) in [6.45, 7) is 4.41. The first-order valence-corrected chi connectivity index (χ1v) is 10.0. The number of nitrogens with zero attached hydrogens (tertiary/aromatic N) is 1. The van der Waals surface area contributed by atoms with E-state index in [0.29, 0.717) is 18.5 Å². The van der Waals surface area contributed by atoms with Gasteiger partial charge in [0, 0.05) is 31.7 Å². The molecule has 0 aromatic heterocycles. The Labute approximate surface area is 172 Å². The lowest BCUT2D eigenvalue weighted by Crippen LogP contribution is -2.30. The van der Waals surface area contributed by atoms with Crippen LogP contribution in [0.2, 0.25) is 0 Å². The highest BCUT2D eigenvalue weighted by molar-refractivity contribution is 5.92. The number of rotatable bonds is 10. The van der Waals surface area contributed by atoms with E-state index in [9.17, 15) is 20.1 Å². The zero-order valence-corrected chi connectivity index (χ0v) is 17.4. The van der Waals surface area contributed by atoms with Gasteiger partial charge >= 0.3 is 0 Å². The lowest BCUT2D eigenvalue weighted by atomic mass is 10.1. The molecule has 29 heavy (non-hydrogen) atoms. The number of aromatic hydroxyl groups is 2. The quantitative estimate of drug-likeness (QED) is 0.361. The van der Waals surface area contributed by atoms with Crippen LogP contribution in [0.25, 0.3) is 0 Å². The molecule has 158 valence electrons. The largest absolute Gasteiger partial charge is 0.504 e. The summed E-state index contributed by atoms with van der Waals surface area (Å²) >= 11 is 0. The summed E-state index contributed by atoms with van der Waals surface area (Å²) in [6, 6.07) is 12.4. The second-order valence-corrected chi connectivity index (χ2v) is 7.61. The number of unbranched alkanes of at least 4 members (excludes halogenated alkanes) is 1. The van der Waals surface area contributed by atoms with Crippen LogP contribution in [-0.4, -0.2) is 40.9 Å². The van der Waals surface area contributed by atoms with E-state index < -0.39 is 6.10 Å². The first-order chi connectivity index (χ1) is 13.8. The van der Waals surface area contributed by atoms with Gasteiger partial charge in [-0.3, -0.25) is 4.79 Å². The monoisotopic (exact) mass is 400 g/mol. The number of anilines is 1. The molecule has 1 amide bonds. The summed E-state index contributed by atoms with van der Waals surface area (Å²) in [5.74, 6) is -0.336. The molecule has 0 aliphatic carbocycles. The summed E-state index contributed by atoms with van der Waals surface area (Å²) in [5.41, 5.74) is 2.62. The van der Waals surface area contributed by atoms with E-state index in [4.69, 9.17) is 0 Å². The first kappa shape index (κ1) is 22.7. The number of amides is 1. The maximum atomic E-state index is 12.3. The van der Waals surface area contributed by atoms with Gasteiger partial charge in [0.1, 0.15) is 0 Å². The number of nitrogens with one attached hydrogen (secondary N) is 1. The minimum Gasteiger partial charge on any atom is -0.504 e. The van der Waals surface area contributed by atoms with Crippen LogP contribution in [0.3, 0.4) is 0 Å². The van der Waals surface area contributed by atoms with Crippen LogP contribution in [0, 0.1) is 6.92 Å². The van der Waals surface area contributed by atoms with Gasteiger partial charge in [0.25, 0.3) is 0 Å². The van der Waals surface area contributed by atoms with Crippen molar-refractivity contribution in [3.05, 3.63) is 53.6 Å². The van der Waals surface area contributed by atoms with Crippen molar-refractivity contribution < 1.29 is 20.1 Å². The van der Waals surface area contributed by atoms with Crippen molar-refractivity contribution in [2.75, 3.05) is 18.5 Å². The van der Waals surface area contributed by atoms with Gasteiger partial charge in [-0.1, -0.05) is 30.2 Å². The van der Waals surface area contributed by atoms with Gasteiger partial charge in [-0.05, 0) is 56.5 Å². The molecule has 2 unspecified atom stereocenters. The normalized spacial score (nSPS) is 13.1. The third-order valence-electron chi connectivity index (χ3n) is 5.12. The number of aliphatic hydroxyl groups excluding tert-OH is 1. The van der Waals surface area contributed by atoms with E-state index >= 15 is 0 Å². The van der Waals surface area contributed by atoms with Gasteiger partial charge in [0.15, 0.2) is 11.5 Å². The Balaban J connectivity index is 1.66. The number of aryl methyl sites for hydroxylation is 1. The van der Waals surface area contributed by atoms with Crippen LogP contribution in [-0.2, 0) is 4.79 Å². The van der Waals surface area contributed by atoms with E-state index in [-0.39, 0.29) is 23.4 Å². The average molecular weight is 401 g/mol. The molecule has 0 heterocycles. The predicted molar refractivity (Wildman–Crippen MR) is 115 cm³/mol. The lowest BCUT2D eigenvalue weighted by molar-refractivity contribution is -0.118. The zero-order valence-electron chi connectivity index (χ0n) is 17.4. The van der Waals surface area contributed by atoms with E-state index in [2.05, 4.69) is 5.32 Å². The molecular formula is C23H32N2O4. The van der Waals surface area contributed by atoms with Gasteiger partial charge in [-0.2, -0.15) is 0 Å². The molecule has 2 aromatic carbocycles. The number of phenolic OH excluding ortho intramolecular Hbond substituents is 2. The summed E-state index contributed by atoms with van der Waals surface area (Å²) in [6.07, 6.45) is 2.36. The second-order valence-electron chi connectivity index (χ2n) is 7.61. The van der Waals surface area contributed by atoms with Gasteiger partial charge < -0.3 is 25.5 Å². The topological polar surface area (TPSA) is 93.0 Å². The minimum absolute atomic E-state index is 0.108. The maximum absolute atomic E-state index is 12.3. The van der Waals surface area contributed by atoms with Crippen molar-refractivity contribution in [2.45, 2.75) is 51.7 Å². The zero-order chi connectivity index (χ0) is 21.4. The Morgan fingerprint density at radius 3 is 2.41 bits per heavy atom. The number of hydrogen-bond acceptors (Lipinski definition) is 5. The van der Waals surface area contributed by atoms with Crippen LogP contribution >= 0.6 is 0 Å². The van der Waals surface area contributed by atoms with E-state index in [0.717, 1.165) is 24.9 Å². The van der Waals surface area contributed by atoms with Crippen LogP contribution < -0.4 is 10.2 Å². The fourth-order valence-electron chi connectivity index (χ4n) is 3.09. The van der Waals surface area contributed by atoms with Crippen LogP contribution in [0.4, 0.5) is 5.69 Å². The molecule has 0 saturated carbocycles. The molecule has 2 aromatic rings. The molecule has 0 saturated heterocycles. The van der Waals surface area contributed by atoms with E-state index in [1.54, 1.807) is 18.0 Å². The molecule has 4 N–H and O–H groups in total. The molecule has 0 aliphatic heterocycles. The highest BCUT2D eigenvalue weighted by Crippen LogP contribution is 2.27. The summed E-state index contributed by atoms with van der Waals surface area (Å²) in [4.78, 5) is 14.0. The second kappa shape index (κ2) is 10.8. The molecule has 0 radical (unpaired) electrons. The number of carbonyl (C=O) groups excluding carboxylic acids is 1. The van der Waals surface area contributed by atoms with Crippen LogP contribution in [0.5, 0.6) is 11.5 Å². The third kappa shape index (κ3) is 7.07. The Morgan fingerprint density at radius 2 is 1.76 bits per heavy atom. The molecule has 0 fully saturated rings. The van der Waals surface area contributed by atoms with Gasteiger partial charge in [0.2, 0.25) is 5.91 Å². The van der Waals surface area contributed by atoms with Gasteiger partial charge in [-0.25, -0.2) is 0 Å². The Hall–Kier alpha value is -2.57. The minimum atomic E-state index is -0.770.